The van der Waals surface area contributed by atoms with Gasteiger partial charge in [0.05, 0.1) is 5.39 Å². The number of carbonyl (C=O) groups excluding carboxylic acids is 1. The number of nitrogens with one attached hydrogen (secondary N) is 1. The molecule has 3 aromatic rings. The molecule has 1 aromatic carbocycles. The van der Waals surface area contributed by atoms with Gasteiger partial charge in [0, 0.05) is 29.3 Å². The molecule has 3 heterocycles. The molecule has 7 nitrogen and oxygen atoms in total. The fraction of sp³-hybridized carbons (Fsp3) is 0.350. The summed E-state index contributed by atoms with van der Waals surface area (Å²) < 4.78 is 17.4. The third-order valence-corrected chi connectivity index (χ3v) is 5.33. The maximum atomic E-state index is 12.2. The number of fused-ring (bicyclic) bond motifs is 3. The lowest BCUT2D eigenvalue weighted by Crippen LogP contribution is -2.32. The highest BCUT2D eigenvalue weighted by atomic mass is 32.1. The summed E-state index contributed by atoms with van der Waals surface area (Å²) >= 11 is 1.33. The Balaban J connectivity index is 1.71. The van der Waals surface area contributed by atoms with Crippen LogP contribution >= 0.6 is 11.3 Å². The summed E-state index contributed by atoms with van der Waals surface area (Å²) in [7, 11) is 0. The molecule has 1 aliphatic rings. The summed E-state index contributed by atoms with van der Waals surface area (Å²) in [5, 5.41) is 5.65. The van der Waals surface area contributed by atoms with E-state index in [0.29, 0.717) is 27.6 Å². The van der Waals surface area contributed by atoms with Crippen molar-refractivity contribution in [2.45, 2.75) is 39.2 Å². The lowest BCUT2D eigenvalue weighted by molar-refractivity contribution is -0.118. The van der Waals surface area contributed by atoms with Gasteiger partial charge in [-0.15, -0.1) is 11.3 Å². The molecule has 0 saturated heterocycles. The number of hydrogen-bond donors (Lipinski definition) is 1. The molecule has 28 heavy (non-hydrogen) atoms. The van der Waals surface area contributed by atoms with Crippen LogP contribution in [0.15, 0.2) is 32.9 Å². The Hall–Kier alpha value is -2.87. The molecule has 4 rings (SSSR count). The van der Waals surface area contributed by atoms with E-state index in [2.05, 4.69) is 10.3 Å². The number of rotatable bonds is 4. The Morgan fingerprint density at radius 2 is 2.21 bits per heavy atom. The lowest BCUT2D eigenvalue weighted by atomic mass is 9.92. The molecule has 0 radical (unpaired) electrons. The third-order valence-electron chi connectivity index (χ3n) is 4.64. The number of amides is 1. The summed E-state index contributed by atoms with van der Waals surface area (Å²) in [6.45, 7) is 5.64. The number of thiazole rings is 1. The zero-order valence-electron chi connectivity index (χ0n) is 15.8. The van der Waals surface area contributed by atoms with E-state index < -0.39 is 5.63 Å². The minimum Gasteiger partial charge on any atom is -0.487 e. The van der Waals surface area contributed by atoms with E-state index in [9.17, 15) is 9.59 Å². The van der Waals surface area contributed by atoms with Crippen LogP contribution in [-0.4, -0.2) is 23.1 Å². The quantitative estimate of drug-likeness (QED) is 0.672. The van der Waals surface area contributed by atoms with Crippen LogP contribution in [0.4, 0.5) is 5.13 Å². The van der Waals surface area contributed by atoms with Crippen LogP contribution in [0.5, 0.6) is 11.5 Å². The monoisotopic (exact) mass is 400 g/mol. The van der Waals surface area contributed by atoms with Crippen LogP contribution in [0.2, 0.25) is 0 Å². The SMILES string of the molecule is Cc1cc(=O)oc2c3c(cc(OCC(=O)Nc4nccs4)c12)OC(C)(C)CC3. The number of carbonyl (C=O) groups is 1. The number of anilines is 1. The second-order valence-electron chi connectivity index (χ2n) is 7.34. The first kappa shape index (κ1) is 18.5. The van der Waals surface area contributed by atoms with Gasteiger partial charge in [0.15, 0.2) is 11.7 Å². The number of benzene rings is 1. The van der Waals surface area contributed by atoms with E-state index >= 15 is 0 Å². The van der Waals surface area contributed by atoms with Crippen molar-refractivity contribution in [3.63, 3.8) is 0 Å². The van der Waals surface area contributed by atoms with Gasteiger partial charge in [-0.3, -0.25) is 10.1 Å². The number of hydrogen-bond acceptors (Lipinski definition) is 7. The normalized spacial score (nSPS) is 15.0. The van der Waals surface area contributed by atoms with Gasteiger partial charge in [-0.05, 0) is 39.2 Å². The van der Waals surface area contributed by atoms with Gasteiger partial charge in [-0.1, -0.05) is 0 Å². The first-order valence-electron chi connectivity index (χ1n) is 8.94. The number of aryl methyl sites for hydroxylation is 2. The van der Waals surface area contributed by atoms with E-state index in [1.165, 1.54) is 17.4 Å². The number of ether oxygens (including phenoxy) is 2. The van der Waals surface area contributed by atoms with Gasteiger partial charge in [-0.25, -0.2) is 9.78 Å². The van der Waals surface area contributed by atoms with Gasteiger partial charge >= 0.3 is 5.63 Å². The number of aromatic nitrogens is 1. The standard InChI is InChI=1S/C20H20N2O5S/c1-11-8-16(24)26-18-12-4-5-20(2,3)27-13(12)9-14(17(11)18)25-10-15(23)22-19-21-6-7-28-19/h6-9H,4-5,10H2,1-3H3,(H,21,22,23). The summed E-state index contributed by atoms with van der Waals surface area (Å²) in [4.78, 5) is 28.2. The predicted octanol–water partition coefficient (Wildman–Crippen LogP) is 3.68. The van der Waals surface area contributed by atoms with Crippen molar-refractivity contribution in [2.24, 2.45) is 0 Å². The van der Waals surface area contributed by atoms with Crippen LogP contribution in [-0.2, 0) is 11.2 Å². The molecule has 1 aliphatic heterocycles. The van der Waals surface area contributed by atoms with Gasteiger partial charge in [-0.2, -0.15) is 0 Å². The molecule has 146 valence electrons. The van der Waals surface area contributed by atoms with Crippen molar-refractivity contribution < 1.29 is 18.7 Å². The average molecular weight is 400 g/mol. The molecular formula is C20H20N2O5S. The van der Waals surface area contributed by atoms with Crippen molar-refractivity contribution in [3.8, 4) is 11.5 Å². The van der Waals surface area contributed by atoms with Crippen molar-refractivity contribution in [3.05, 3.63) is 45.3 Å². The van der Waals surface area contributed by atoms with Crippen LogP contribution in [0, 0.1) is 6.92 Å². The highest BCUT2D eigenvalue weighted by Gasteiger charge is 2.30. The second kappa shape index (κ2) is 6.94. The summed E-state index contributed by atoms with van der Waals surface area (Å²) in [6.07, 6.45) is 3.15. The Morgan fingerprint density at radius 1 is 1.39 bits per heavy atom. The van der Waals surface area contributed by atoms with Crippen LogP contribution in [0.25, 0.3) is 11.0 Å². The highest BCUT2D eigenvalue weighted by molar-refractivity contribution is 7.13. The summed E-state index contributed by atoms with van der Waals surface area (Å²) in [5.74, 6) is 0.743. The van der Waals surface area contributed by atoms with Crippen molar-refractivity contribution in [1.82, 2.24) is 4.98 Å². The van der Waals surface area contributed by atoms with E-state index in [1.807, 2.05) is 20.8 Å². The smallest absolute Gasteiger partial charge is 0.336 e. The van der Waals surface area contributed by atoms with Gasteiger partial charge in [0.1, 0.15) is 22.7 Å². The maximum absolute atomic E-state index is 12.2. The Labute approximate surface area is 165 Å². The molecule has 2 aromatic heterocycles. The predicted molar refractivity (Wildman–Crippen MR) is 106 cm³/mol. The van der Waals surface area contributed by atoms with E-state index in [1.54, 1.807) is 17.6 Å². The summed E-state index contributed by atoms with van der Waals surface area (Å²) in [5.41, 5.74) is 1.30. The largest absolute Gasteiger partial charge is 0.487 e. The van der Waals surface area contributed by atoms with Gasteiger partial charge < -0.3 is 13.9 Å². The van der Waals surface area contributed by atoms with E-state index in [0.717, 1.165) is 24.0 Å². The van der Waals surface area contributed by atoms with Gasteiger partial charge in [0.25, 0.3) is 5.91 Å². The highest BCUT2D eigenvalue weighted by Crippen LogP contribution is 2.42. The minimum absolute atomic E-state index is 0.199. The van der Waals surface area contributed by atoms with Gasteiger partial charge in [0.2, 0.25) is 0 Å². The first-order chi connectivity index (χ1) is 13.3. The molecule has 0 fully saturated rings. The van der Waals surface area contributed by atoms with Crippen LogP contribution < -0.4 is 20.4 Å². The molecule has 0 saturated carbocycles. The summed E-state index contributed by atoms with van der Waals surface area (Å²) in [6, 6.07) is 3.20. The molecule has 0 unspecified atom stereocenters. The van der Waals surface area contributed by atoms with Crippen LogP contribution in [0.1, 0.15) is 31.4 Å². The lowest BCUT2D eigenvalue weighted by Gasteiger charge is -2.33. The van der Waals surface area contributed by atoms with E-state index in [4.69, 9.17) is 13.9 Å². The topological polar surface area (TPSA) is 90.7 Å². The second-order valence-corrected chi connectivity index (χ2v) is 8.23. The number of nitrogens with zero attached hydrogens (tertiary/aromatic N) is 1. The van der Waals surface area contributed by atoms with Crippen LogP contribution in [0.3, 0.4) is 0 Å². The molecule has 0 bridgehead atoms. The zero-order valence-corrected chi connectivity index (χ0v) is 16.6. The average Bonchev–Trinajstić information content (AvgIpc) is 3.11. The third kappa shape index (κ3) is 3.60. The molecule has 1 N–H and O–H groups in total. The zero-order chi connectivity index (χ0) is 19.9. The van der Waals surface area contributed by atoms with Crippen molar-refractivity contribution >= 4 is 33.3 Å². The first-order valence-corrected chi connectivity index (χ1v) is 9.82. The maximum Gasteiger partial charge on any atom is 0.336 e. The van der Waals surface area contributed by atoms with E-state index in [-0.39, 0.29) is 18.1 Å². The molecular weight excluding hydrogens is 380 g/mol. The fourth-order valence-electron chi connectivity index (χ4n) is 3.32. The minimum atomic E-state index is -0.421. The molecule has 1 amide bonds. The molecule has 0 spiro atoms. The fourth-order valence-corrected chi connectivity index (χ4v) is 3.86. The van der Waals surface area contributed by atoms with Crippen molar-refractivity contribution in [1.29, 1.82) is 0 Å². The molecule has 0 atom stereocenters. The Bertz CT molecular complexity index is 1100. The Kier molecular flexibility index (Phi) is 4.58. The molecule has 8 heteroatoms. The molecule has 0 aliphatic carbocycles. The Morgan fingerprint density at radius 3 is 2.96 bits per heavy atom. The van der Waals surface area contributed by atoms with Crippen molar-refractivity contribution in [2.75, 3.05) is 11.9 Å².